The van der Waals surface area contributed by atoms with E-state index in [1.165, 1.54) is 0 Å². The first-order chi connectivity index (χ1) is 9.78. The Kier molecular flexibility index (Phi) is 4.04. The maximum Gasteiger partial charge on any atom is 0.320 e. The van der Waals surface area contributed by atoms with Crippen LogP contribution in [-0.4, -0.2) is 22.8 Å². The molecule has 1 atom stereocenters. The van der Waals surface area contributed by atoms with Gasteiger partial charge in [0.25, 0.3) is 0 Å². The van der Waals surface area contributed by atoms with E-state index in [9.17, 15) is 9.90 Å². The van der Waals surface area contributed by atoms with Crippen molar-refractivity contribution in [1.82, 2.24) is 10.5 Å². The van der Waals surface area contributed by atoms with E-state index < -0.39 is 11.6 Å². The minimum Gasteiger partial charge on any atom is -0.466 e. The van der Waals surface area contributed by atoms with Crippen molar-refractivity contribution in [1.29, 1.82) is 0 Å². The summed E-state index contributed by atoms with van der Waals surface area (Å²) in [6.07, 6.45) is 0. The molecular weight excluding hydrogens is 274 g/mol. The summed E-state index contributed by atoms with van der Waals surface area (Å²) < 4.78 is 10.2. The van der Waals surface area contributed by atoms with Crippen LogP contribution in [0.3, 0.4) is 0 Å². The molecule has 2 aromatic heterocycles. The van der Waals surface area contributed by atoms with Gasteiger partial charge < -0.3 is 19.4 Å². The third-order valence-electron chi connectivity index (χ3n) is 3.08. The molecule has 1 unspecified atom stereocenters. The highest BCUT2D eigenvalue weighted by atomic mass is 16.5. The van der Waals surface area contributed by atoms with E-state index in [1.807, 2.05) is 0 Å². The minimum atomic E-state index is -1.22. The average Bonchev–Trinajstić information content (AvgIpc) is 2.93. The number of furan rings is 1. The molecule has 0 aliphatic heterocycles. The highest BCUT2D eigenvalue weighted by Gasteiger charge is 2.28. The second kappa shape index (κ2) is 5.61. The van der Waals surface area contributed by atoms with E-state index in [1.54, 1.807) is 39.8 Å². The lowest BCUT2D eigenvalue weighted by Crippen LogP contribution is -2.40. The van der Waals surface area contributed by atoms with Gasteiger partial charge in [-0.25, -0.2) is 4.79 Å². The molecule has 0 spiro atoms. The van der Waals surface area contributed by atoms with Gasteiger partial charge in [0.15, 0.2) is 5.82 Å². The van der Waals surface area contributed by atoms with E-state index >= 15 is 0 Å². The summed E-state index contributed by atoms with van der Waals surface area (Å²) in [7, 11) is 0. The lowest BCUT2D eigenvalue weighted by Gasteiger charge is -2.23. The highest BCUT2D eigenvalue weighted by molar-refractivity contribution is 5.88. The Balaban J connectivity index is 1.95. The van der Waals surface area contributed by atoms with Crippen LogP contribution in [0.4, 0.5) is 10.6 Å². The SMILES string of the molecule is Cc1cc(NC(=O)NCC(C)(O)c2cc(C)oc2C)no1. The van der Waals surface area contributed by atoms with Gasteiger partial charge in [-0.1, -0.05) is 5.16 Å². The number of rotatable bonds is 4. The number of anilines is 1. The molecule has 21 heavy (non-hydrogen) atoms. The molecule has 0 aliphatic carbocycles. The molecule has 7 heteroatoms. The molecule has 0 fully saturated rings. The molecule has 2 aromatic rings. The molecular formula is C14H19N3O4. The number of hydrogen-bond acceptors (Lipinski definition) is 5. The molecule has 0 aromatic carbocycles. The predicted octanol–water partition coefficient (Wildman–Crippen LogP) is 2.22. The summed E-state index contributed by atoms with van der Waals surface area (Å²) in [4.78, 5) is 11.8. The second-order valence-corrected chi connectivity index (χ2v) is 5.23. The van der Waals surface area contributed by atoms with Crippen molar-refractivity contribution in [3.8, 4) is 0 Å². The highest BCUT2D eigenvalue weighted by Crippen LogP contribution is 2.26. The number of nitrogens with zero attached hydrogens (tertiary/aromatic N) is 1. The van der Waals surface area contributed by atoms with Crippen LogP contribution in [0.1, 0.15) is 29.8 Å². The van der Waals surface area contributed by atoms with E-state index in [-0.39, 0.29) is 6.54 Å². The van der Waals surface area contributed by atoms with Crippen LogP contribution in [0.15, 0.2) is 21.1 Å². The van der Waals surface area contributed by atoms with Gasteiger partial charge in [0.05, 0.1) is 6.54 Å². The number of aromatic nitrogens is 1. The third kappa shape index (κ3) is 3.63. The summed E-state index contributed by atoms with van der Waals surface area (Å²) in [6.45, 7) is 6.96. The van der Waals surface area contributed by atoms with E-state index in [2.05, 4.69) is 15.8 Å². The van der Waals surface area contributed by atoms with Crippen LogP contribution >= 0.6 is 0 Å². The van der Waals surface area contributed by atoms with Gasteiger partial charge in [0.1, 0.15) is 22.9 Å². The number of carbonyl (C=O) groups is 1. The smallest absolute Gasteiger partial charge is 0.320 e. The van der Waals surface area contributed by atoms with Gasteiger partial charge in [-0.2, -0.15) is 0 Å². The monoisotopic (exact) mass is 293 g/mol. The van der Waals surface area contributed by atoms with Crippen molar-refractivity contribution in [3.63, 3.8) is 0 Å². The van der Waals surface area contributed by atoms with Crippen LogP contribution < -0.4 is 10.6 Å². The average molecular weight is 293 g/mol. The van der Waals surface area contributed by atoms with Crippen molar-refractivity contribution in [2.75, 3.05) is 11.9 Å². The molecule has 2 heterocycles. The Morgan fingerprint density at radius 1 is 1.33 bits per heavy atom. The van der Waals surface area contributed by atoms with Crippen molar-refractivity contribution in [2.45, 2.75) is 33.3 Å². The summed E-state index contributed by atoms with van der Waals surface area (Å²) in [6, 6.07) is 2.89. The summed E-state index contributed by atoms with van der Waals surface area (Å²) in [5.74, 6) is 2.26. The topological polar surface area (TPSA) is 101 Å². The quantitative estimate of drug-likeness (QED) is 0.802. The zero-order valence-electron chi connectivity index (χ0n) is 12.5. The van der Waals surface area contributed by atoms with E-state index in [4.69, 9.17) is 8.94 Å². The summed E-state index contributed by atoms with van der Waals surface area (Å²) in [5.41, 5.74) is -0.573. The fraction of sp³-hybridized carbons (Fsp3) is 0.429. The Morgan fingerprint density at radius 2 is 2.05 bits per heavy atom. The molecule has 0 saturated carbocycles. The number of aliphatic hydroxyl groups is 1. The van der Waals surface area contributed by atoms with E-state index in [0.717, 1.165) is 0 Å². The number of urea groups is 1. The first-order valence-electron chi connectivity index (χ1n) is 6.56. The van der Waals surface area contributed by atoms with Crippen molar-refractivity contribution in [2.24, 2.45) is 0 Å². The summed E-state index contributed by atoms with van der Waals surface area (Å²) >= 11 is 0. The van der Waals surface area contributed by atoms with Crippen molar-refractivity contribution >= 4 is 11.8 Å². The molecule has 0 aliphatic rings. The van der Waals surface area contributed by atoms with Crippen molar-refractivity contribution < 1.29 is 18.8 Å². The van der Waals surface area contributed by atoms with Gasteiger partial charge >= 0.3 is 6.03 Å². The standard InChI is InChI=1S/C14H19N3O4/c1-8-5-11(10(3)20-8)14(4,19)7-15-13(18)16-12-6-9(2)21-17-12/h5-6,19H,7H2,1-4H3,(H2,15,16,17,18). The van der Waals surface area contributed by atoms with E-state index in [0.29, 0.717) is 28.7 Å². The van der Waals surface area contributed by atoms with Gasteiger partial charge in [0.2, 0.25) is 0 Å². The first kappa shape index (κ1) is 15.1. The fourth-order valence-electron chi connectivity index (χ4n) is 2.10. The van der Waals surface area contributed by atoms with Gasteiger partial charge in [0, 0.05) is 11.6 Å². The maximum absolute atomic E-state index is 11.8. The van der Waals surface area contributed by atoms with Gasteiger partial charge in [-0.3, -0.25) is 5.32 Å². The van der Waals surface area contributed by atoms with Gasteiger partial charge in [-0.05, 0) is 33.8 Å². The molecule has 0 saturated heterocycles. The second-order valence-electron chi connectivity index (χ2n) is 5.23. The maximum atomic E-state index is 11.8. The Bertz CT molecular complexity index is 642. The molecule has 7 nitrogen and oxygen atoms in total. The Morgan fingerprint density at radius 3 is 2.57 bits per heavy atom. The molecule has 2 amide bonds. The summed E-state index contributed by atoms with van der Waals surface area (Å²) in [5, 5.41) is 19.2. The molecule has 3 N–H and O–H groups in total. The zero-order chi connectivity index (χ0) is 15.6. The number of hydrogen-bond donors (Lipinski definition) is 3. The number of aryl methyl sites for hydroxylation is 3. The number of carbonyl (C=O) groups excluding carboxylic acids is 1. The van der Waals surface area contributed by atoms with Crippen LogP contribution in [0.25, 0.3) is 0 Å². The number of amides is 2. The number of nitrogens with one attached hydrogen (secondary N) is 2. The Hall–Kier alpha value is -2.28. The van der Waals surface area contributed by atoms with Gasteiger partial charge in [-0.15, -0.1) is 0 Å². The lowest BCUT2D eigenvalue weighted by atomic mass is 9.96. The lowest BCUT2D eigenvalue weighted by molar-refractivity contribution is 0.0584. The molecule has 2 rings (SSSR count). The largest absolute Gasteiger partial charge is 0.466 e. The van der Waals surface area contributed by atoms with Crippen LogP contribution in [0.2, 0.25) is 0 Å². The minimum absolute atomic E-state index is 0.0372. The van der Waals surface area contributed by atoms with Crippen LogP contribution in [0.5, 0.6) is 0 Å². The first-order valence-corrected chi connectivity index (χ1v) is 6.56. The zero-order valence-corrected chi connectivity index (χ0v) is 12.5. The van der Waals surface area contributed by atoms with Crippen LogP contribution in [0, 0.1) is 20.8 Å². The molecule has 0 bridgehead atoms. The third-order valence-corrected chi connectivity index (χ3v) is 3.08. The fourth-order valence-corrected chi connectivity index (χ4v) is 2.10. The van der Waals surface area contributed by atoms with Crippen LogP contribution in [-0.2, 0) is 5.60 Å². The normalized spacial score (nSPS) is 13.8. The molecule has 0 radical (unpaired) electrons. The predicted molar refractivity (Wildman–Crippen MR) is 76.0 cm³/mol. The van der Waals surface area contributed by atoms with Crippen molar-refractivity contribution in [3.05, 3.63) is 35.0 Å². The molecule has 114 valence electrons. The Labute approximate surface area is 122 Å².